The molecule has 0 aromatic heterocycles. The summed E-state index contributed by atoms with van der Waals surface area (Å²) in [6.45, 7) is 9.19. The summed E-state index contributed by atoms with van der Waals surface area (Å²) >= 11 is 1.53. The summed E-state index contributed by atoms with van der Waals surface area (Å²) in [6, 6.07) is 0.461. The maximum Gasteiger partial charge on any atom is 0.222 e. The Labute approximate surface area is 175 Å². The number of hydrogen-bond donors (Lipinski definition) is 0. The lowest BCUT2D eigenvalue weighted by Gasteiger charge is -2.62. The Bertz CT molecular complexity index is 651. The largest absolute Gasteiger partial charge is 0.342 e. The Morgan fingerprint density at radius 1 is 1.11 bits per heavy atom. The minimum Gasteiger partial charge on any atom is -0.342 e. The molecule has 0 aromatic carbocycles. The lowest BCUT2D eigenvalue weighted by Crippen LogP contribution is -2.61. The summed E-state index contributed by atoms with van der Waals surface area (Å²) in [7, 11) is 2.05. The maximum atomic E-state index is 12.3. The number of nitrogens with zero attached hydrogens (tertiary/aromatic N) is 1. The quantitative estimate of drug-likeness (QED) is 0.632. The minimum atomic E-state index is 0.262. The number of likely N-dealkylation sites (tertiary alicyclic amines) is 1. The second-order valence-electron chi connectivity index (χ2n) is 11.0. The monoisotopic (exact) mass is 405 g/mol. The van der Waals surface area contributed by atoms with E-state index < -0.39 is 0 Å². The number of piperidine rings is 1. The van der Waals surface area contributed by atoms with Crippen LogP contribution in [-0.4, -0.2) is 34.8 Å². The number of carbonyl (C=O) groups is 2. The zero-order valence-electron chi connectivity index (χ0n) is 18.5. The van der Waals surface area contributed by atoms with Crippen molar-refractivity contribution in [3.05, 3.63) is 0 Å². The third kappa shape index (κ3) is 3.08. The summed E-state index contributed by atoms with van der Waals surface area (Å²) in [4.78, 5) is 25.9. The first-order valence-corrected chi connectivity index (χ1v) is 12.6. The first-order valence-electron chi connectivity index (χ1n) is 11.6. The average molecular weight is 406 g/mol. The zero-order chi connectivity index (χ0) is 20.3. The minimum absolute atomic E-state index is 0.262. The normalized spacial score (nSPS) is 46.5. The van der Waals surface area contributed by atoms with E-state index in [1.807, 2.05) is 0 Å². The van der Waals surface area contributed by atoms with Crippen LogP contribution in [0.1, 0.15) is 79.1 Å². The number of thioether (sulfide) groups is 1. The van der Waals surface area contributed by atoms with E-state index >= 15 is 0 Å². The summed E-state index contributed by atoms with van der Waals surface area (Å²) < 4.78 is 0. The van der Waals surface area contributed by atoms with Gasteiger partial charge >= 0.3 is 0 Å². The smallest absolute Gasteiger partial charge is 0.222 e. The Kier molecular flexibility index (Phi) is 5.42. The van der Waals surface area contributed by atoms with Crippen LogP contribution >= 0.6 is 11.8 Å². The summed E-state index contributed by atoms with van der Waals surface area (Å²) in [5, 5.41) is 0.262. The van der Waals surface area contributed by atoms with E-state index in [1.165, 1.54) is 50.3 Å². The molecule has 1 amide bonds. The van der Waals surface area contributed by atoms with Gasteiger partial charge in [-0.15, -0.1) is 0 Å². The van der Waals surface area contributed by atoms with Crippen LogP contribution in [0.5, 0.6) is 0 Å². The highest BCUT2D eigenvalue weighted by atomic mass is 32.2. The predicted molar refractivity (Wildman–Crippen MR) is 116 cm³/mol. The molecule has 28 heavy (non-hydrogen) atoms. The van der Waals surface area contributed by atoms with Gasteiger partial charge in [0.2, 0.25) is 5.91 Å². The van der Waals surface area contributed by atoms with Crippen molar-refractivity contribution in [1.29, 1.82) is 0 Å². The molecule has 4 rings (SSSR count). The molecule has 1 aliphatic heterocycles. The van der Waals surface area contributed by atoms with Gasteiger partial charge in [-0.3, -0.25) is 9.59 Å². The first kappa shape index (κ1) is 20.8. The van der Waals surface area contributed by atoms with Crippen molar-refractivity contribution in [3.8, 4) is 0 Å². The Hall–Kier alpha value is -0.510. The molecule has 0 radical (unpaired) electrons. The Morgan fingerprint density at radius 3 is 2.54 bits per heavy atom. The van der Waals surface area contributed by atoms with E-state index in [9.17, 15) is 9.59 Å². The number of carbonyl (C=O) groups excluding carboxylic acids is 2. The molecule has 1 saturated heterocycles. The van der Waals surface area contributed by atoms with E-state index in [0.717, 1.165) is 42.3 Å². The molecule has 2 unspecified atom stereocenters. The summed E-state index contributed by atoms with van der Waals surface area (Å²) in [6.07, 6.45) is 9.78. The molecule has 158 valence electrons. The van der Waals surface area contributed by atoms with Gasteiger partial charge in [0.1, 0.15) is 0 Å². The van der Waals surface area contributed by atoms with Gasteiger partial charge in [-0.2, -0.15) is 0 Å². The standard InChI is InChI=1S/C24H39NO2S/c1-15(14-28-16(2)26)18-7-8-19-17-6-9-21-24(4,13-11-22(27)25(21)5)20(17)10-12-23(18,19)3/h15,17-21H,6-14H2,1-5H3/t15?,17-,18+,19-,20-,21?,23+,24+/m0/s1. The van der Waals surface area contributed by atoms with Gasteiger partial charge in [0.25, 0.3) is 0 Å². The van der Waals surface area contributed by atoms with E-state index in [-0.39, 0.29) is 5.12 Å². The Morgan fingerprint density at radius 2 is 1.82 bits per heavy atom. The van der Waals surface area contributed by atoms with Crippen LogP contribution in [-0.2, 0) is 9.59 Å². The molecule has 0 spiro atoms. The molecule has 4 fully saturated rings. The van der Waals surface area contributed by atoms with Gasteiger partial charge in [-0.1, -0.05) is 32.5 Å². The lowest BCUT2D eigenvalue weighted by atomic mass is 9.46. The van der Waals surface area contributed by atoms with Gasteiger partial charge in [0.05, 0.1) is 0 Å². The second-order valence-corrected chi connectivity index (χ2v) is 12.2. The van der Waals surface area contributed by atoms with Crippen molar-refractivity contribution in [1.82, 2.24) is 4.90 Å². The van der Waals surface area contributed by atoms with Crippen LogP contribution in [0.3, 0.4) is 0 Å². The highest BCUT2D eigenvalue weighted by molar-refractivity contribution is 8.13. The molecule has 4 heteroatoms. The number of hydrogen-bond acceptors (Lipinski definition) is 3. The third-order valence-electron chi connectivity index (χ3n) is 9.87. The van der Waals surface area contributed by atoms with Crippen molar-refractivity contribution in [2.75, 3.05) is 12.8 Å². The molecular weight excluding hydrogens is 366 g/mol. The summed E-state index contributed by atoms with van der Waals surface area (Å²) in [5.74, 6) is 5.24. The van der Waals surface area contributed by atoms with E-state index in [2.05, 4.69) is 32.7 Å². The molecule has 3 aliphatic carbocycles. The molecule has 0 N–H and O–H groups in total. The number of fused-ring (bicyclic) bond motifs is 5. The van der Waals surface area contributed by atoms with Gasteiger partial charge < -0.3 is 4.90 Å². The maximum absolute atomic E-state index is 12.3. The summed E-state index contributed by atoms with van der Waals surface area (Å²) in [5.41, 5.74) is 0.776. The van der Waals surface area contributed by atoms with Crippen LogP contribution in [0.4, 0.5) is 0 Å². The SMILES string of the molecule is CC(=O)SCC(C)[C@H]1CC[C@H]2[C@@H]3CCC4N(C)C(=O)CC[C@]4(C)[C@H]3CC[C@]12C. The van der Waals surface area contributed by atoms with Gasteiger partial charge in [0, 0.05) is 32.2 Å². The highest BCUT2D eigenvalue weighted by Crippen LogP contribution is 2.67. The fourth-order valence-corrected chi connectivity index (χ4v) is 9.22. The van der Waals surface area contributed by atoms with Crippen LogP contribution in [0, 0.1) is 40.4 Å². The van der Waals surface area contributed by atoms with Gasteiger partial charge in [-0.25, -0.2) is 0 Å². The topological polar surface area (TPSA) is 37.4 Å². The van der Waals surface area contributed by atoms with E-state index in [1.54, 1.807) is 6.92 Å². The number of rotatable bonds is 3. The molecule has 8 atom stereocenters. The second kappa shape index (κ2) is 7.32. The lowest BCUT2D eigenvalue weighted by molar-refractivity contribution is -0.158. The van der Waals surface area contributed by atoms with Crippen LogP contribution < -0.4 is 0 Å². The molecule has 3 nitrogen and oxygen atoms in total. The Balaban J connectivity index is 1.53. The highest BCUT2D eigenvalue weighted by Gasteiger charge is 2.61. The molecule has 1 heterocycles. The fourth-order valence-electron chi connectivity index (χ4n) is 8.49. The van der Waals surface area contributed by atoms with Gasteiger partial charge in [0.15, 0.2) is 5.12 Å². The molecule has 4 aliphatic rings. The van der Waals surface area contributed by atoms with Crippen molar-refractivity contribution >= 4 is 22.8 Å². The molecule has 0 bridgehead atoms. The van der Waals surface area contributed by atoms with E-state index in [0.29, 0.717) is 28.7 Å². The fraction of sp³-hybridized carbons (Fsp3) is 0.917. The zero-order valence-corrected chi connectivity index (χ0v) is 19.3. The number of amides is 1. The van der Waals surface area contributed by atoms with Gasteiger partial charge in [-0.05, 0) is 85.4 Å². The van der Waals surface area contributed by atoms with Crippen molar-refractivity contribution in [2.24, 2.45) is 40.4 Å². The van der Waals surface area contributed by atoms with Crippen LogP contribution in [0.25, 0.3) is 0 Å². The first-order chi connectivity index (χ1) is 13.2. The van der Waals surface area contributed by atoms with E-state index in [4.69, 9.17) is 0 Å². The van der Waals surface area contributed by atoms with Crippen molar-refractivity contribution < 1.29 is 9.59 Å². The molecule has 3 saturated carbocycles. The average Bonchev–Trinajstić information content (AvgIpc) is 3.00. The third-order valence-corrected chi connectivity index (χ3v) is 11.0. The molecule has 0 aromatic rings. The predicted octanol–water partition coefficient (Wildman–Crippen LogP) is 5.38. The van der Waals surface area contributed by atoms with Crippen LogP contribution in [0.15, 0.2) is 0 Å². The molecular formula is C24H39NO2S. The van der Waals surface area contributed by atoms with Crippen LogP contribution in [0.2, 0.25) is 0 Å². The van der Waals surface area contributed by atoms with Crippen molar-refractivity contribution in [2.45, 2.75) is 85.1 Å². The van der Waals surface area contributed by atoms with Crippen molar-refractivity contribution in [3.63, 3.8) is 0 Å².